The fourth-order valence-electron chi connectivity index (χ4n) is 3.54. The highest BCUT2D eigenvalue weighted by Gasteiger charge is 2.58. The number of amides is 2. The molecule has 2 heterocycles. The van der Waals surface area contributed by atoms with E-state index in [1.54, 1.807) is 44.6 Å². The van der Waals surface area contributed by atoms with Gasteiger partial charge < -0.3 is 14.3 Å². The zero-order valence-corrected chi connectivity index (χ0v) is 15.9. The van der Waals surface area contributed by atoms with Crippen LogP contribution in [0.15, 0.2) is 47.6 Å². The first-order valence-electron chi connectivity index (χ1n) is 8.89. The predicted octanol–water partition coefficient (Wildman–Crippen LogP) is 2.84. The highest BCUT2D eigenvalue weighted by molar-refractivity contribution is 6.26. The van der Waals surface area contributed by atoms with Gasteiger partial charge in [-0.25, -0.2) is 4.90 Å². The Morgan fingerprint density at radius 3 is 2.46 bits per heavy atom. The lowest BCUT2D eigenvalue weighted by atomic mass is 9.92. The van der Waals surface area contributed by atoms with Gasteiger partial charge in [-0.3, -0.25) is 9.59 Å². The molecule has 0 aromatic heterocycles. The van der Waals surface area contributed by atoms with Crippen molar-refractivity contribution in [1.29, 1.82) is 0 Å². The lowest BCUT2D eigenvalue weighted by molar-refractivity contribution is -0.136. The number of imide groups is 1. The molecule has 0 bridgehead atoms. The van der Waals surface area contributed by atoms with Crippen LogP contribution in [-0.4, -0.2) is 37.3 Å². The number of hydrogen-bond donors (Lipinski definition) is 0. The summed E-state index contributed by atoms with van der Waals surface area (Å²) >= 11 is 0. The van der Waals surface area contributed by atoms with Gasteiger partial charge in [0.15, 0.2) is 0 Å². The van der Waals surface area contributed by atoms with Crippen LogP contribution < -0.4 is 14.4 Å². The topological polar surface area (TPSA) is 77.4 Å². The van der Waals surface area contributed by atoms with Crippen molar-refractivity contribution in [2.45, 2.75) is 25.4 Å². The van der Waals surface area contributed by atoms with E-state index in [1.807, 2.05) is 19.1 Å². The zero-order chi connectivity index (χ0) is 19.9. The molecule has 0 saturated carbocycles. The summed E-state index contributed by atoms with van der Waals surface area (Å²) in [5.41, 5.74) is 1.49. The van der Waals surface area contributed by atoms with Crippen molar-refractivity contribution in [2.24, 2.45) is 5.16 Å². The van der Waals surface area contributed by atoms with E-state index in [0.29, 0.717) is 28.5 Å². The fraction of sp³-hybridized carbons (Fsp3) is 0.286. The van der Waals surface area contributed by atoms with Crippen molar-refractivity contribution in [3.8, 4) is 11.5 Å². The number of methoxy groups -OCH3 is 2. The Kier molecular flexibility index (Phi) is 4.30. The van der Waals surface area contributed by atoms with Gasteiger partial charge in [0.2, 0.25) is 11.5 Å². The van der Waals surface area contributed by atoms with Crippen LogP contribution in [0.5, 0.6) is 11.5 Å². The maximum absolute atomic E-state index is 13.1. The molecule has 1 saturated heterocycles. The molecule has 4 rings (SSSR count). The normalized spacial score (nSPS) is 21.1. The smallest absolute Gasteiger partial charge is 0.281 e. The van der Waals surface area contributed by atoms with Crippen LogP contribution in [0, 0.1) is 6.92 Å². The predicted molar refractivity (Wildman–Crippen MR) is 103 cm³/mol. The maximum Gasteiger partial charge on any atom is 0.281 e. The minimum absolute atomic E-state index is 0.0566. The van der Waals surface area contributed by atoms with Gasteiger partial charge in [0.1, 0.15) is 11.5 Å². The first-order chi connectivity index (χ1) is 13.5. The number of anilines is 1. The third kappa shape index (κ3) is 2.79. The van der Waals surface area contributed by atoms with Crippen molar-refractivity contribution in [1.82, 2.24) is 0 Å². The lowest BCUT2D eigenvalue weighted by Crippen LogP contribution is -2.40. The Morgan fingerprint density at radius 2 is 1.79 bits per heavy atom. The Bertz CT molecular complexity index is 983. The molecule has 2 aliphatic heterocycles. The van der Waals surface area contributed by atoms with Crippen LogP contribution in [0.4, 0.5) is 5.69 Å². The number of oxime groups is 1. The maximum atomic E-state index is 13.1. The van der Waals surface area contributed by atoms with Gasteiger partial charge in [0.25, 0.3) is 5.91 Å². The molecular weight excluding hydrogens is 360 g/mol. The highest BCUT2D eigenvalue weighted by atomic mass is 16.7. The van der Waals surface area contributed by atoms with Crippen molar-refractivity contribution >= 4 is 23.2 Å². The number of carbonyl (C=O) groups is 2. The first kappa shape index (κ1) is 18.0. The van der Waals surface area contributed by atoms with Crippen LogP contribution >= 0.6 is 0 Å². The average Bonchev–Trinajstić information content (AvgIpc) is 3.23. The van der Waals surface area contributed by atoms with Crippen LogP contribution in [0.1, 0.15) is 24.0 Å². The van der Waals surface area contributed by atoms with Crippen LogP contribution in [0.2, 0.25) is 0 Å². The molecule has 0 aliphatic carbocycles. The van der Waals surface area contributed by atoms with Gasteiger partial charge in [-0.15, -0.1) is 0 Å². The molecule has 144 valence electrons. The quantitative estimate of drug-likeness (QED) is 0.763. The van der Waals surface area contributed by atoms with Gasteiger partial charge in [0, 0.05) is 12.0 Å². The lowest BCUT2D eigenvalue weighted by Gasteiger charge is -2.19. The van der Waals surface area contributed by atoms with Crippen LogP contribution in [0.3, 0.4) is 0 Å². The van der Waals surface area contributed by atoms with E-state index in [-0.39, 0.29) is 18.7 Å². The largest absolute Gasteiger partial charge is 0.497 e. The molecule has 0 N–H and O–H groups in total. The molecule has 7 heteroatoms. The summed E-state index contributed by atoms with van der Waals surface area (Å²) < 4.78 is 10.7. The second-order valence-corrected chi connectivity index (χ2v) is 6.91. The van der Waals surface area contributed by atoms with Gasteiger partial charge in [-0.2, -0.15) is 0 Å². The molecule has 28 heavy (non-hydrogen) atoms. The third-order valence-electron chi connectivity index (χ3n) is 5.07. The Balaban J connectivity index is 1.63. The summed E-state index contributed by atoms with van der Waals surface area (Å²) in [6.45, 7) is 1.95. The van der Waals surface area contributed by atoms with E-state index in [0.717, 1.165) is 5.56 Å². The second-order valence-electron chi connectivity index (χ2n) is 6.91. The first-order valence-corrected chi connectivity index (χ1v) is 8.89. The zero-order valence-electron chi connectivity index (χ0n) is 15.9. The van der Waals surface area contributed by atoms with Crippen molar-refractivity contribution in [3.05, 3.63) is 53.6 Å². The van der Waals surface area contributed by atoms with Crippen LogP contribution in [-0.2, 0) is 14.4 Å². The minimum atomic E-state index is -1.31. The van der Waals surface area contributed by atoms with E-state index in [1.165, 1.54) is 4.90 Å². The summed E-state index contributed by atoms with van der Waals surface area (Å²) in [7, 11) is 3.12. The molecule has 2 aromatic rings. The Morgan fingerprint density at radius 1 is 1.04 bits per heavy atom. The monoisotopic (exact) mass is 380 g/mol. The van der Waals surface area contributed by atoms with Gasteiger partial charge in [-0.1, -0.05) is 22.9 Å². The molecular formula is C21H20N2O5. The summed E-state index contributed by atoms with van der Waals surface area (Å²) in [6, 6.07) is 12.6. The summed E-state index contributed by atoms with van der Waals surface area (Å²) in [4.78, 5) is 32.5. The molecule has 1 spiro atoms. The average molecular weight is 380 g/mol. The standard InChI is InChI=1S/C21H20N2O5/c1-13-4-6-14(7-5-13)23-19(24)12-21(20(23)25)11-17(22-28-21)16-10-15(26-2)8-9-18(16)27-3/h4-10H,11-12H2,1-3H3/t21-/m0/s1. The second kappa shape index (κ2) is 6.67. The van der Waals surface area contributed by atoms with E-state index >= 15 is 0 Å². The molecule has 0 radical (unpaired) electrons. The number of aryl methyl sites for hydroxylation is 1. The highest BCUT2D eigenvalue weighted by Crippen LogP contribution is 2.40. The van der Waals surface area contributed by atoms with Crippen molar-refractivity contribution < 1.29 is 23.9 Å². The van der Waals surface area contributed by atoms with Crippen LogP contribution in [0.25, 0.3) is 0 Å². The SMILES string of the molecule is COc1ccc(OC)c(C2=NO[C@]3(CC(=O)N(c4ccc(C)cc4)C3=O)C2)c1. The number of hydrogen-bond acceptors (Lipinski definition) is 6. The third-order valence-corrected chi connectivity index (χ3v) is 5.07. The number of carbonyl (C=O) groups excluding carboxylic acids is 2. The number of ether oxygens (including phenoxy) is 2. The van der Waals surface area contributed by atoms with Gasteiger partial charge in [-0.05, 0) is 37.3 Å². The summed E-state index contributed by atoms with van der Waals surface area (Å²) in [5, 5.41) is 4.13. The molecule has 2 aromatic carbocycles. The van der Waals surface area contributed by atoms with E-state index in [9.17, 15) is 9.59 Å². The van der Waals surface area contributed by atoms with E-state index < -0.39 is 11.5 Å². The number of nitrogens with zero attached hydrogens (tertiary/aromatic N) is 2. The fourth-order valence-corrected chi connectivity index (χ4v) is 3.54. The molecule has 1 atom stereocenters. The molecule has 2 aliphatic rings. The molecule has 2 amide bonds. The van der Waals surface area contributed by atoms with E-state index in [2.05, 4.69) is 5.16 Å². The Labute approximate surface area is 162 Å². The summed E-state index contributed by atoms with van der Waals surface area (Å²) in [6.07, 6.45) is 0.127. The van der Waals surface area contributed by atoms with E-state index in [4.69, 9.17) is 14.3 Å². The van der Waals surface area contributed by atoms with Gasteiger partial charge >= 0.3 is 0 Å². The number of benzene rings is 2. The van der Waals surface area contributed by atoms with Gasteiger partial charge in [0.05, 0.1) is 32.0 Å². The van der Waals surface area contributed by atoms with Crippen molar-refractivity contribution in [2.75, 3.05) is 19.1 Å². The molecule has 1 fully saturated rings. The molecule has 7 nitrogen and oxygen atoms in total. The summed E-state index contributed by atoms with van der Waals surface area (Å²) in [5.74, 6) is 0.520. The Hall–Kier alpha value is -3.35. The number of rotatable bonds is 4. The molecule has 0 unspecified atom stereocenters. The minimum Gasteiger partial charge on any atom is -0.497 e. The van der Waals surface area contributed by atoms with Crippen molar-refractivity contribution in [3.63, 3.8) is 0 Å².